The van der Waals surface area contributed by atoms with Crippen LogP contribution in [0.15, 0.2) is 0 Å². The Balaban J connectivity index is 5.01. The van der Waals surface area contributed by atoms with Crippen molar-refractivity contribution in [2.75, 3.05) is 21.3 Å². The van der Waals surface area contributed by atoms with E-state index in [2.05, 4.69) is 40.0 Å². The lowest BCUT2D eigenvalue weighted by atomic mass is 10.5. The van der Waals surface area contributed by atoms with Crippen LogP contribution in [0, 0.1) is 0 Å². The van der Waals surface area contributed by atoms with E-state index in [0.29, 0.717) is 0 Å². The molecule has 0 amide bonds. The number of rotatable bonds is 10. The molecule has 0 aromatic rings. The maximum atomic E-state index is 6.41. The lowest BCUT2D eigenvalue weighted by molar-refractivity contribution is 0.0592. The Morgan fingerprint density at radius 2 is 1.45 bits per heavy atom. The first-order valence-electron chi connectivity index (χ1n) is 7.17. The summed E-state index contributed by atoms with van der Waals surface area (Å²) in [6.07, 6.45) is 0.796. The van der Waals surface area contributed by atoms with Crippen molar-refractivity contribution in [3.05, 3.63) is 0 Å². The third kappa shape index (κ3) is 5.34. The van der Waals surface area contributed by atoms with Gasteiger partial charge in [0.05, 0.1) is 5.73 Å². The van der Waals surface area contributed by atoms with Gasteiger partial charge in [-0.3, -0.25) is 0 Å². The van der Waals surface area contributed by atoms with Crippen molar-refractivity contribution in [1.29, 1.82) is 0 Å². The summed E-state index contributed by atoms with van der Waals surface area (Å²) >= 11 is 0. The molecule has 0 saturated carbocycles. The van der Waals surface area contributed by atoms with E-state index in [9.17, 15) is 0 Å². The molecule has 0 rings (SSSR count). The minimum absolute atomic E-state index is 0.149. The molecule has 0 aromatic heterocycles. The Kier molecular flexibility index (Phi) is 8.99. The van der Waals surface area contributed by atoms with Gasteiger partial charge in [-0.2, -0.15) is 0 Å². The van der Waals surface area contributed by atoms with Crippen LogP contribution in [0.4, 0.5) is 0 Å². The molecule has 0 aliphatic heterocycles. The Hall–Kier alpha value is 0.451. The van der Waals surface area contributed by atoms with Gasteiger partial charge in [-0.25, -0.2) is 0 Å². The molecule has 0 spiro atoms. The third-order valence-electron chi connectivity index (χ3n) is 3.52. The van der Waals surface area contributed by atoms with Gasteiger partial charge < -0.3 is 22.1 Å². The molecule has 0 N–H and O–H groups in total. The van der Waals surface area contributed by atoms with Crippen LogP contribution in [0.1, 0.15) is 20.3 Å². The molecule has 0 radical (unpaired) electrons. The second-order valence-corrected chi connectivity index (χ2v) is 15.4. The van der Waals surface area contributed by atoms with E-state index in [0.717, 1.165) is 6.42 Å². The normalized spacial score (nSPS) is 16.5. The molecular weight excluding hydrogens is 308 g/mol. The molecule has 5 nitrogen and oxygen atoms in total. The summed E-state index contributed by atoms with van der Waals surface area (Å²) in [6, 6.07) is 0. The third-order valence-corrected chi connectivity index (χ3v) is 11.0. The topological polar surface area (TPSA) is 46.2 Å². The van der Waals surface area contributed by atoms with Crippen molar-refractivity contribution in [3.8, 4) is 0 Å². The van der Waals surface area contributed by atoms with Crippen molar-refractivity contribution in [2.24, 2.45) is 0 Å². The number of hydrogen-bond donors (Lipinski definition) is 0. The first-order chi connectivity index (χ1) is 9.19. The van der Waals surface area contributed by atoms with Crippen molar-refractivity contribution >= 4 is 26.2 Å². The lowest BCUT2D eigenvalue weighted by Crippen LogP contribution is -2.60. The van der Waals surface area contributed by atoms with E-state index in [4.69, 9.17) is 22.1 Å². The van der Waals surface area contributed by atoms with Gasteiger partial charge in [-0.05, 0) is 39.5 Å². The molecule has 0 saturated heterocycles. The van der Waals surface area contributed by atoms with E-state index >= 15 is 0 Å². The summed E-state index contributed by atoms with van der Waals surface area (Å²) in [5.74, 6) is 0. The second-order valence-electron chi connectivity index (χ2n) is 5.66. The quantitative estimate of drug-likeness (QED) is 0.571. The molecule has 0 aromatic carbocycles. The van der Waals surface area contributed by atoms with Gasteiger partial charge in [0, 0.05) is 21.3 Å². The smallest absolute Gasteiger partial charge is 0.418 e. The molecule has 0 fully saturated rings. The van der Waals surface area contributed by atoms with Gasteiger partial charge in [0.25, 0.3) is 0 Å². The van der Waals surface area contributed by atoms with Gasteiger partial charge in [0.15, 0.2) is 9.04 Å². The lowest BCUT2D eigenvalue weighted by Gasteiger charge is -2.39. The van der Waals surface area contributed by atoms with Crippen molar-refractivity contribution < 1.29 is 22.1 Å². The van der Waals surface area contributed by atoms with Crippen LogP contribution < -0.4 is 0 Å². The molecule has 0 heterocycles. The molecule has 2 unspecified atom stereocenters. The molecule has 122 valence electrons. The summed E-state index contributed by atoms with van der Waals surface area (Å²) < 4.78 is 29.1. The van der Waals surface area contributed by atoms with Crippen molar-refractivity contribution in [2.45, 2.75) is 57.9 Å². The maximum Gasteiger partial charge on any atom is 0.529 e. The van der Waals surface area contributed by atoms with Gasteiger partial charge in [-0.15, -0.1) is 0 Å². The Morgan fingerprint density at radius 1 is 1.00 bits per heavy atom. The zero-order valence-corrected chi connectivity index (χ0v) is 17.6. The predicted molar refractivity (Wildman–Crippen MR) is 88.9 cm³/mol. The van der Waals surface area contributed by atoms with Crippen LogP contribution in [0.3, 0.4) is 0 Å². The van der Waals surface area contributed by atoms with E-state index in [1.165, 1.54) is 0 Å². The van der Waals surface area contributed by atoms with Gasteiger partial charge >= 0.3 is 8.80 Å². The van der Waals surface area contributed by atoms with Gasteiger partial charge in [0.2, 0.25) is 8.32 Å². The number of hydrogen-bond acceptors (Lipinski definition) is 5. The zero-order chi connectivity index (χ0) is 16.0. The summed E-state index contributed by atoms with van der Waals surface area (Å²) in [4.78, 5) is 0. The van der Waals surface area contributed by atoms with Crippen LogP contribution in [0.5, 0.6) is 0 Å². The van der Waals surface area contributed by atoms with Crippen molar-refractivity contribution in [1.82, 2.24) is 0 Å². The predicted octanol–water partition coefficient (Wildman–Crippen LogP) is 2.33. The fourth-order valence-electron chi connectivity index (χ4n) is 2.08. The molecule has 0 aliphatic rings. The minimum atomic E-state index is -2.77. The largest absolute Gasteiger partial charge is 0.529 e. The highest BCUT2D eigenvalue weighted by atomic mass is 28.4. The maximum absolute atomic E-state index is 6.41. The molecule has 0 bridgehead atoms. The average Bonchev–Trinajstić information content (AvgIpc) is 2.38. The van der Waals surface area contributed by atoms with Gasteiger partial charge in [0.1, 0.15) is 5.73 Å². The van der Waals surface area contributed by atoms with E-state index in [1.54, 1.807) is 21.3 Å². The van der Waals surface area contributed by atoms with Gasteiger partial charge in [-0.1, -0.05) is 6.92 Å². The second kappa shape index (κ2) is 8.79. The van der Waals surface area contributed by atoms with Crippen molar-refractivity contribution in [3.63, 3.8) is 0 Å². The summed E-state index contributed by atoms with van der Waals surface area (Å²) in [6.45, 7) is 12.9. The molecular formula is C12H32O5Si3. The fourth-order valence-corrected chi connectivity index (χ4v) is 9.40. The minimum Gasteiger partial charge on any atom is -0.418 e. The van der Waals surface area contributed by atoms with Crippen LogP contribution >= 0.6 is 0 Å². The Morgan fingerprint density at radius 3 is 1.75 bits per heavy atom. The highest BCUT2D eigenvalue weighted by Gasteiger charge is 2.50. The first kappa shape index (κ1) is 20.5. The molecule has 2 atom stereocenters. The SMILES string of the molecule is CCC(O[Si](C)(C)C(C)O[SiH](C)C)[Si](OC)(OC)OC. The van der Waals surface area contributed by atoms with E-state index < -0.39 is 26.2 Å². The Bertz CT molecular complexity index is 264. The molecule has 0 aliphatic carbocycles. The van der Waals surface area contributed by atoms with E-state index in [-0.39, 0.29) is 11.5 Å². The van der Waals surface area contributed by atoms with Crippen LogP contribution in [-0.2, 0) is 22.1 Å². The van der Waals surface area contributed by atoms with Crippen LogP contribution in [0.25, 0.3) is 0 Å². The average molecular weight is 341 g/mol. The molecule has 20 heavy (non-hydrogen) atoms. The zero-order valence-electron chi connectivity index (χ0n) is 14.5. The van der Waals surface area contributed by atoms with E-state index in [1.807, 2.05) is 0 Å². The van der Waals surface area contributed by atoms with Crippen LogP contribution in [-0.4, -0.2) is 58.9 Å². The fraction of sp³-hybridized carbons (Fsp3) is 1.00. The highest BCUT2D eigenvalue weighted by Crippen LogP contribution is 2.25. The standard InChI is InChI=1S/C12H32O5Si3/c1-10-12(20(13-3,14-4)15-5)17-19(8,9)11(2)16-18(6)7/h11-12,18H,10H2,1-9H3. The first-order valence-corrected chi connectivity index (χ1v) is 14.7. The summed E-state index contributed by atoms with van der Waals surface area (Å²) in [7, 11) is -0.976. The Labute approximate surface area is 128 Å². The summed E-state index contributed by atoms with van der Waals surface area (Å²) in [5, 5.41) is 0. The van der Waals surface area contributed by atoms with Crippen LogP contribution in [0.2, 0.25) is 26.2 Å². The summed E-state index contributed by atoms with van der Waals surface area (Å²) in [5.41, 5.74) is 0.00420. The monoisotopic (exact) mass is 340 g/mol. The highest BCUT2D eigenvalue weighted by molar-refractivity contribution is 6.74. The molecule has 8 heteroatoms.